The van der Waals surface area contributed by atoms with E-state index in [0.29, 0.717) is 11.6 Å². The Morgan fingerprint density at radius 1 is 1.35 bits per heavy atom. The molecule has 5 heteroatoms. The second-order valence-electron chi connectivity index (χ2n) is 4.73. The molecule has 0 amide bonds. The predicted octanol–water partition coefficient (Wildman–Crippen LogP) is 3.48. The lowest BCUT2D eigenvalue weighted by Gasteiger charge is -2.03. The minimum Gasteiger partial charge on any atom is -0.497 e. The van der Waals surface area contributed by atoms with Crippen LogP contribution in [0.1, 0.15) is 34.3 Å². The van der Waals surface area contributed by atoms with Crippen molar-refractivity contribution in [2.75, 3.05) is 14.2 Å². The highest BCUT2D eigenvalue weighted by Crippen LogP contribution is 2.45. The maximum absolute atomic E-state index is 11.9. The molecular weight excluding hydrogens is 274 g/mol. The fourth-order valence-corrected chi connectivity index (χ4v) is 3.26. The van der Waals surface area contributed by atoms with E-state index in [9.17, 15) is 4.79 Å². The van der Waals surface area contributed by atoms with Crippen molar-refractivity contribution in [3.63, 3.8) is 0 Å². The zero-order valence-corrected chi connectivity index (χ0v) is 12.2. The summed E-state index contributed by atoms with van der Waals surface area (Å²) >= 11 is 1.58. The van der Waals surface area contributed by atoms with E-state index in [0.717, 1.165) is 34.0 Å². The molecule has 20 heavy (non-hydrogen) atoms. The van der Waals surface area contributed by atoms with E-state index in [2.05, 4.69) is 4.98 Å². The number of rotatable bonds is 4. The lowest BCUT2D eigenvalue weighted by molar-refractivity contribution is 0.0595. The number of thiazole rings is 1. The Bertz CT molecular complexity index is 646. The van der Waals surface area contributed by atoms with Gasteiger partial charge in [0.1, 0.15) is 5.75 Å². The van der Waals surface area contributed by atoms with Crippen LogP contribution in [0.2, 0.25) is 0 Å². The van der Waals surface area contributed by atoms with Crippen LogP contribution in [0.15, 0.2) is 24.3 Å². The number of ether oxygens (including phenoxy) is 2. The van der Waals surface area contributed by atoms with E-state index in [4.69, 9.17) is 9.47 Å². The lowest BCUT2D eigenvalue weighted by atomic mass is 10.1. The summed E-state index contributed by atoms with van der Waals surface area (Å²) in [6.07, 6.45) is 2.32. The topological polar surface area (TPSA) is 48.4 Å². The molecule has 3 rings (SSSR count). The van der Waals surface area contributed by atoms with Crippen molar-refractivity contribution in [1.82, 2.24) is 4.98 Å². The largest absolute Gasteiger partial charge is 0.497 e. The van der Waals surface area contributed by atoms with E-state index < -0.39 is 0 Å². The molecule has 1 saturated carbocycles. The van der Waals surface area contributed by atoms with Gasteiger partial charge in [0.2, 0.25) is 0 Å². The molecule has 1 fully saturated rings. The Morgan fingerprint density at radius 3 is 2.80 bits per heavy atom. The van der Waals surface area contributed by atoms with Crippen molar-refractivity contribution in [3.8, 4) is 16.2 Å². The second-order valence-corrected chi connectivity index (χ2v) is 5.76. The third-order valence-electron chi connectivity index (χ3n) is 3.28. The van der Waals surface area contributed by atoms with Gasteiger partial charge in [0, 0.05) is 5.92 Å². The first-order chi connectivity index (χ1) is 9.72. The molecule has 1 aromatic carbocycles. The number of carbonyl (C=O) groups excluding carboxylic acids is 1. The summed E-state index contributed by atoms with van der Waals surface area (Å²) in [7, 11) is 3.01. The minimum absolute atomic E-state index is 0.383. The van der Waals surface area contributed by atoms with Crippen molar-refractivity contribution in [3.05, 3.63) is 35.0 Å². The molecule has 1 aromatic heterocycles. The molecule has 0 spiro atoms. The Morgan fingerprint density at radius 2 is 2.15 bits per heavy atom. The van der Waals surface area contributed by atoms with Gasteiger partial charge in [-0.25, -0.2) is 9.78 Å². The van der Waals surface area contributed by atoms with Crippen LogP contribution in [0.3, 0.4) is 0 Å². The summed E-state index contributed by atoms with van der Waals surface area (Å²) in [4.78, 5) is 17.2. The Hall–Kier alpha value is -1.88. The minimum atomic E-state index is -0.383. The van der Waals surface area contributed by atoms with Crippen LogP contribution in [0, 0.1) is 0 Å². The number of carbonyl (C=O) groups is 1. The monoisotopic (exact) mass is 289 g/mol. The first kappa shape index (κ1) is 13.1. The van der Waals surface area contributed by atoms with Gasteiger partial charge in [-0.2, -0.15) is 0 Å². The highest BCUT2D eigenvalue weighted by Gasteiger charge is 2.30. The molecule has 2 aromatic rings. The summed E-state index contributed by atoms with van der Waals surface area (Å²) in [6.45, 7) is 0. The molecule has 1 aliphatic carbocycles. The maximum Gasteiger partial charge on any atom is 0.358 e. The first-order valence-corrected chi connectivity index (χ1v) is 7.28. The molecule has 0 aliphatic heterocycles. The summed E-state index contributed by atoms with van der Waals surface area (Å²) in [6, 6.07) is 7.66. The zero-order chi connectivity index (χ0) is 14.1. The van der Waals surface area contributed by atoms with E-state index in [-0.39, 0.29) is 5.97 Å². The van der Waals surface area contributed by atoms with Gasteiger partial charge < -0.3 is 9.47 Å². The quantitative estimate of drug-likeness (QED) is 0.808. The number of hydrogen-bond donors (Lipinski definition) is 0. The third-order valence-corrected chi connectivity index (χ3v) is 4.55. The van der Waals surface area contributed by atoms with Crippen molar-refractivity contribution in [1.29, 1.82) is 0 Å². The van der Waals surface area contributed by atoms with Gasteiger partial charge in [-0.05, 0) is 30.5 Å². The van der Waals surface area contributed by atoms with Crippen molar-refractivity contribution < 1.29 is 14.3 Å². The Labute approximate surface area is 121 Å². The standard InChI is InChI=1S/C15H15NO3S/c1-18-11-5-3-4-10(8-11)13-12(15(17)19-2)16-14(20-13)9-6-7-9/h3-5,8-9H,6-7H2,1-2H3. The SMILES string of the molecule is COC(=O)c1nc(C2CC2)sc1-c1cccc(OC)c1. The highest BCUT2D eigenvalue weighted by atomic mass is 32.1. The lowest BCUT2D eigenvalue weighted by Crippen LogP contribution is -2.03. The summed E-state index contributed by atoms with van der Waals surface area (Å²) < 4.78 is 10.1. The fourth-order valence-electron chi connectivity index (χ4n) is 2.04. The average Bonchev–Trinajstić information content (AvgIpc) is 3.25. The number of methoxy groups -OCH3 is 2. The third kappa shape index (κ3) is 2.41. The van der Waals surface area contributed by atoms with Gasteiger partial charge in [-0.1, -0.05) is 12.1 Å². The van der Waals surface area contributed by atoms with Crippen LogP contribution < -0.4 is 4.74 Å². The van der Waals surface area contributed by atoms with Crippen molar-refractivity contribution in [2.24, 2.45) is 0 Å². The molecule has 1 heterocycles. The molecule has 4 nitrogen and oxygen atoms in total. The normalized spacial score (nSPS) is 14.1. The van der Waals surface area contributed by atoms with Gasteiger partial charge in [-0.3, -0.25) is 0 Å². The molecule has 0 N–H and O–H groups in total. The van der Waals surface area contributed by atoms with Crippen LogP contribution in [0.5, 0.6) is 5.75 Å². The molecular formula is C15H15NO3S. The number of benzene rings is 1. The molecule has 1 aliphatic rings. The second kappa shape index (κ2) is 5.25. The van der Waals surface area contributed by atoms with E-state index >= 15 is 0 Å². The summed E-state index contributed by atoms with van der Waals surface area (Å²) in [5.41, 5.74) is 1.35. The van der Waals surface area contributed by atoms with Crippen molar-refractivity contribution >= 4 is 17.3 Å². The van der Waals surface area contributed by atoms with E-state index in [1.54, 1.807) is 18.4 Å². The molecule has 0 unspecified atom stereocenters. The van der Waals surface area contributed by atoms with Crippen LogP contribution >= 0.6 is 11.3 Å². The summed E-state index contributed by atoms with van der Waals surface area (Å²) in [5, 5.41) is 1.03. The molecule has 104 valence electrons. The number of nitrogens with zero attached hydrogens (tertiary/aromatic N) is 1. The van der Waals surface area contributed by atoms with Crippen LogP contribution in [-0.4, -0.2) is 25.2 Å². The van der Waals surface area contributed by atoms with Gasteiger partial charge in [0.15, 0.2) is 5.69 Å². The molecule has 0 bridgehead atoms. The van der Waals surface area contributed by atoms with E-state index in [1.165, 1.54) is 7.11 Å². The van der Waals surface area contributed by atoms with Crippen LogP contribution in [-0.2, 0) is 4.74 Å². The number of aromatic nitrogens is 1. The first-order valence-electron chi connectivity index (χ1n) is 6.46. The Kier molecular flexibility index (Phi) is 3.44. The predicted molar refractivity (Wildman–Crippen MR) is 77.4 cm³/mol. The molecule has 0 atom stereocenters. The Balaban J connectivity index is 2.07. The van der Waals surface area contributed by atoms with E-state index in [1.807, 2.05) is 24.3 Å². The molecule has 0 radical (unpaired) electrons. The van der Waals surface area contributed by atoms with Crippen LogP contribution in [0.4, 0.5) is 0 Å². The van der Waals surface area contributed by atoms with Crippen molar-refractivity contribution in [2.45, 2.75) is 18.8 Å². The highest BCUT2D eigenvalue weighted by molar-refractivity contribution is 7.15. The number of esters is 1. The smallest absolute Gasteiger partial charge is 0.358 e. The maximum atomic E-state index is 11.9. The van der Waals surface area contributed by atoms with Gasteiger partial charge in [-0.15, -0.1) is 11.3 Å². The van der Waals surface area contributed by atoms with Gasteiger partial charge >= 0.3 is 5.97 Å². The fraction of sp³-hybridized carbons (Fsp3) is 0.333. The van der Waals surface area contributed by atoms with Gasteiger partial charge in [0.05, 0.1) is 24.1 Å². The van der Waals surface area contributed by atoms with Gasteiger partial charge in [0.25, 0.3) is 0 Å². The summed E-state index contributed by atoms with van der Waals surface area (Å²) in [5.74, 6) is 0.897. The number of hydrogen-bond acceptors (Lipinski definition) is 5. The zero-order valence-electron chi connectivity index (χ0n) is 11.4. The molecule has 0 saturated heterocycles. The average molecular weight is 289 g/mol. The van der Waals surface area contributed by atoms with Crippen LogP contribution in [0.25, 0.3) is 10.4 Å².